The number of rotatable bonds is 8. The van der Waals surface area contributed by atoms with Crippen molar-refractivity contribution in [2.24, 2.45) is 0 Å². The van der Waals surface area contributed by atoms with Crippen molar-refractivity contribution in [3.8, 4) is 11.3 Å². The summed E-state index contributed by atoms with van der Waals surface area (Å²) in [6.45, 7) is -0.579. The number of nitrogens with one attached hydrogen (secondary N) is 2. The van der Waals surface area contributed by atoms with Crippen LogP contribution in [-0.2, 0) is 12.9 Å². The van der Waals surface area contributed by atoms with Gasteiger partial charge in [-0.15, -0.1) is 5.10 Å². The van der Waals surface area contributed by atoms with Crippen molar-refractivity contribution in [3.63, 3.8) is 0 Å². The number of hydrogen-bond donors (Lipinski definition) is 3. The van der Waals surface area contributed by atoms with Gasteiger partial charge in [-0.2, -0.15) is 30.9 Å². The van der Waals surface area contributed by atoms with Crippen LogP contribution in [0.1, 0.15) is 21.7 Å². The van der Waals surface area contributed by atoms with E-state index in [4.69, 9.17) is 5.73 Å². The van der Waals surface area contributed by atoms with Crippen molar-refractivity contribution in [2.45, 2.75) is 19.0 Å². The molecule has 0 aliphatic heterocycles. The predicted octanol–water partition coefficient (Wildman–Crippen LogP) is 4.53. The fourth-order valence-electron chi connectivity index (χ4n) is 3.32. The van der Waals surface area contributed by atoms with Crippen molar-refractivity contribution < 1.29 is 35.5 Å². The first-order valence-electron chi connectivity index (χ1n) is 10.7. The zero-order valence-corrected chi connectivity index (χ0v) is 19.0. The molecule has 0 unspecified atom stereocenters. The average Bonchev–Trinajstić information content (AvgIpc) is 3.31. The molecule has 200 valence electrons. The van der Waals surface area contributed by atoms with Gasteiger partial charge < -0.3 is 16.4 Å². The molecule has 9 nitrogen and oxygen atoms in total. The minimum absolute atomic E-state index is 0.0401. The minimum Gasteiger partial charge on any atom is -0.383 e. The molecule has 0 saturated carbocycles. The lowest BCUT2D eigenvalue weighted by molar-refractivity contribution is -0.144. The molecule has 4 N–H and O–H groups in total. The number of ketones is 1. The molecule has 1 aromatic carbocycles. The predicted molar refractivity (Wildman–Crippen MR) is 122 cm³/mol. The molecule has 3 aromatic heterocycles. The Morgan fingerprint density at radius 3 is 2.21 bits per heavy atom. The van der Waals surface area contributed by atoms with Crippen molar-refractivity contribution in [3.05, 3.63) is 59.4 Å². The Morgan fingerprint density at radius 2 is 1.61 bits per heavy atom. The lowest BCUT2D eigenvalue weighted by Gasteiger charge is -2.12. The first-order chi connectivity index (χ1) is 17.9. The van der Waals surface area contributed by atoms with Crippen molar-refractivity contribution in [1.82, 2.24) is 24.6 Å². The molecular weight excluding hydrogens is 525 g/mol. The number of halogens is 7. The van der Waals surface area contributed by atoms with Crippen LogP contribution in [0.15, 0.2) is 42.5 Å². The van der Waals surface area contributed by atoms with E-state index in [2.05, 4.69) is 30.7 Å². The molecule has 0 aliphatic carbocycles. The Balaban J connectivity index is 1.53. The van der Waals surface area contributed by atoms with Gasteiger partial charge in [0.15, 0.2) is 5.65 Å². The lowest BCUT2D eigenvalue weighted by atomic mass is 10.1. The van der Waals surface area contributed by atoms with Crippen LogP contribution in [0.2, 0.25) is 0 Å². The van der Waals surface area contributed by atoms with Crippen molar-refractivity contribution in [1.29, 1.82) is 0 Å². The lowest BCUT2D eigenvalue weighted by Crippen LogP contribution is -2.24. The van der Waals surface area contributed by atoms with E-state index < -0.39 is 42.0 Å². The molecule has 0 saturated heterocycles. The number of aromatic nitrogens is 5. The number of fused-ring (bicyclic) bond motifs is 1. The fourth-order valence-corrected chi connectivity index (χ4v) is 3.32. The average molecular weight is 542 g/mol. The van der Waals surface area contributed by atoms with E-state index in [1.165, 1.54) is 18.2 Å². The quantitative estimate of drug-likeness (QED) is 0.169. The van der Waals surface area contributed by atoms with Crippen LogP contribution in [0.3, 0.4) is 0 Å². The number of nitrogens with zero attached hydrogens (tertiary/aromatic N) is 5. The number of alkyl halides is 7. The van der Waals surface area contributed by atoms with Gasteiger partial charge in [-0.25, -0.2) is 19.3 Å². The Bertz CT molecular complexity index is 1470. The third-order valence-electron chi connectivity index (χ3n) is 5.12. The monoisotopic (exact) mass is 542 g/mol. The zero-order chi connectivity index (χ0) is 27.7. The Labute approximate surface area is 208 Å². The minimum atomic E-state index is -5.11. The second-order valence-electron chi connectivity index (χ2n) is 7.81. The van der Waals surface area contributed by atoms with Crippen LogP contribution in [0.25, 0.3) is 16.9 Å². The van der Waals surface area contributed by atoms with E-state index in [0.29, 0.717) is 11.1 Å². The Morgan fingerprint density at radius 1 is 0.921 bits per heavy atom. The van der Waals surface area contributed by atoms with E-state index in [1.807, 2.05) is 0 Å². The number of anilines is 3. The third kappa shape index (κ3) is 5.73. The van der Waals surface area contributed by atoms with Crippen molar-refractivity contribution in [2.75, 3.05) is 29.5 Å². The van der Waals surface area contributed by atoms with Gasteiger partial charge in [0, 0.05) is 24.7 Å². The second-order valence-corrected chi connectivity index (χ2v) is 7.81. The van der Waals surface area contributed by atoms with E-state index >= 15 is 0 Å². The number of nitrogen functional groups attached to an aromatic ring is 1. The second kappa shape index (κ2) is 10.1. The molecule has 16 heteroatoms. The number of carbonyl (C=O) groups is 1. The third-order valence-corrected chi connectivity index (χ3v) is 5.12. The van der Waals surface area contributed by atoms with E-state index in [0.717, 1.165) is 16.6 Å². The van der Waals surface area contributed by atoms with Gasteiger partial charge in [-0.3, -0.25) is 4.79 Å². The number of carbonyl (C=O) groups excluding carboxylic acids is 1. The van der Waals surface area contributed by atoms with Gasteiger partial charge in [-0.05, 0) is 17.7 Å². The van der Waals surface area contributed by atoms with Gasteiger partial charge in [0.05, 0.1) is 11.3 Å². The maximum absolute atomic E-state index is 13.2. The van der Waals surface area contributed by atoms with Crippen LogP contribution >= 0.6 is 0 Å². The zero-order valence-electron chi connectivity index (χ0n) is 19.0. The summed E-state index contributed by atoms with van der Waals surface area (Å²) in [6, 6.07) is 9.44. The molecular formula is C22H17F7N8O. The summed E-state index contributed by atoms with van der Waals surface area (Å²) < 4.78 is 91.2. The normalized spacial score (nSPS) is 12.1. The van der Waals surface area contributed by atoms with Crippen molar-refractivity contribution >= 4 is 29.0 Å². The van der Waals surface area contributed by atoms with Crippen LogP contribution in [0.5, 0.6) is 0 Å². The molecule has 0 aliphatic rings. The van der Waals surface area contributed by atoms with Gasteiger partial charge in [-0.1, -0.05) is 24.3 Å². The fraction of sp³-hybridized carbons (Fsp3) is 0.227. The maximum Gasteiger partial charge on any atom is 0.455 e. The summed E-state index contributed by atoms with van der Waals surface area (Å²) in [7, 11) is 0. The van der Waals surface area contributed by atoms with E-state index in [9.17, 15) is 35.5 Å². The van der Waals surface area contributed by atoms with Gasteiger partial charge in [0.2, 0.25) is 5.95 Å². The topological polar surface area (TPSA) is 123 Å². The Kier molecular flexibility index (Phi) is 7.06. The largest absolute Gasteiger partial charge is 0.455 e. The van der Waals surface area contributed by atoms with Crippen LogP contribution in [0, 0.1) is 0 Å². The summed E-state index contributed by atoms with van der Waals surface area (Å²) in [6.07, 6.45) is -9.91. The molecule has 0 fully saturated rings. The number of Topliss-reactive ketones (excluding diaryl/α,β-unsaturated/α-hetero) is 1. The molecule has 0 amide bonds. The van der Waals surface area contributed by atoms with Gasteiger partial charge >= 0.3 is 12.4 Å². The number of nitrogens with two attached hydrogens (primary N) is 1. The van der Waals surface area contributed by atoms with Gasteiger partial charge in [0.25, 0.3) is 11.6 Å². The Hall–Kier alpha value is -4.50. The molecule has 0 radical (unpaired) electrons. The number of hydrogen-bond acceptors (Lipinski definition) is 8. The highest BCUT2D eigenvalue weighted by atomic mass is 19.4. The number of pyridine rings is 1. The highest BCUT2D eigenvalue weighted by Crippen LogP contribution is 2.29. The standard InChI is InChI=1S/C22H17F7N8O/c23-10-11-1-3-12(4-2-11)14-9-16-35-19(22(27,28)29)36-37(16)20(33-14)32-8-7-31-15-6-5-13(18(30)34-15)17(38)21(24,25)26/h1-6,9H,7-8,10H2,(H,32,33)(H3,30,31,34). The van der Waals surface area contributed by atoms with E-state index in [-0.39, 0.29) is 36.2 Å². The molecule has 0 spiro atoms. The smallest absolute Gasteiger partial charge is 0.383 e. The summed E-state index contributed by atoms with van der Waals surface area (Å²) >= 11 is 0. The molecule has 0 atom stereocenters. The van der Waals surface area contributed by atoms with Gasteiger partial charge in [0.1, 0.15) is 18.3 Å². The molecule has 0 bridgehead atoms. The molecule has 3 heterocycles. The highest BCUT2D eigenvalue weighted by Gasteiger charge is 2.40. The first kappa shape index (κ1) is 26.6. The first-order valence-corrected chi connectivity index (χ1v) is 10.7. The summed E-state index contributed by atoms with van der Waals surface area (Å²) in [5.41, 5.74) is 5.69. The molecule has 4 aromatic rings. The van der Waals surface area contributed by atoms with Crippen LogP contribution in [0.4, 0.5) is 48.3 Å². The van der Waals surface area contributed by atoms with Crippen LogP contribution < -0.4 is 16.4 Å². The summed E-state index contributed by atoms with van der Waals surface area (Å²) in [4.78, 5) is 22.9. The maximum atomic E-state index is 13.2. The summed E-state index contributed by atoms with van der Waals surface area (Å²) in [5, 5.41) is 9.05. The molecule has 4 rings (SSSR count). The van der Waals surface area contributed by atoms with Crippen LogP contribution in [-0.4, -0.2) is 49.6 Å². The SMILES string of the molecule is Nc1nc(NCCNc2nc(-c3ccc(CF)cc3)cc3nc(C(F)(F)F)nn23)ccc1C(=O)C(F)(F)F. The number of benzene rings is 1. The van der Waals surface area contributed by atoms with E-state index in [1.54, 1.807) is 12.1 Å². The summed E-state index contributed by atoms with van der Waals surface area (Å²) in [5.74, 6) is -4.16. The molecule has 38 heavy (non-hydrogen) atoms. The highest BCUT2D eigenvalue weighted by molar-refractivity contribution is 6.03.